The van der Waals surface area contributed by atoms with E-state index in [0.29, 0.717) is 0 Å². The lowest BCUT2D eigenvalue weighted by atomic mass is 10.2. The van der Waals surface area contributed by atoms with Crippen molar-refractivity contribution in [3.8, 4) is 11.5 Å². The van der Waals surface area contributed by atoms with Crippen LogP contribution in [0.1, 0.15) is 10.4 Å². The van der Waals surface area contributed by atoms with Crippen molar-refractivity contribution in [2.75, 3.05) is 18.5 Å². The molecule has 152 valence electrons. The number of amides is 2. The fourth-order valence-corrected chi connectivity index (χ4v) is 2.31. The summed E-state index contributed by atoms with van der Waals surface area (Å²) < 4.78 is 52.2. The molecule has 11 heteroatoms. The quantitative estimate of drug-likeness (QED) is 0.707. The molecule has 0 spiro atoms. The van der Waals surface area contributed by atoms with Gasteiger partial charge in [0.1, 0.15) is 12.4 Å². The van der Waals surface area contributed by atoms with Crippen molar-refractivity contribution in [1.29, 1.82) is 0 Å². The van der Waals surface area contributed by atoms with Gasteiger partial charge in [-0.25, -0.2) is 4.39 Å². The van der Waals surface area contributed by atoms with Crippen LogP contribution in [0.3, 0.4) is 0 Å². The molecule has 29 heavy (non-hydrogen) atoms. The molecule has 1 aliphatic heterocycles. The van der Waals surface area contributed by atoms with Gasteiger partial charge in [-0.2, -0.15) is 0 Å². The number of carbonyl (C=O) groups is 3. The van der Waals surface area contributed by atoms with E-state index in [1.54, 1.807) is 0 Å². The first kappa shape index (κ1) is 20.0. The molecule has 0 radical (unpaired) electrons. The van der Waals surface area contributed by atoms with Gasteiger partial charge in [-0.05, 0) is 30.3 Å². The van der Waals surface area contributed by atoms with E-state index < -0.39 is 43.0 Å². The van der Waals surface area contributed by atoms with Crippen LogP contribution in [-0.4, -0.2) is 37.2 Å². The van der Waals surface area contributed by atoms with Crippen molar-refractivity contribution < 1.29 is 41.8 Å². The van der Waals surface area contributed by atoms with Crippen molar-refractivity contribution in [1.82, 2.24) is 5.32 Å². The van der Waals surface area contributed by atoms with Crippen LogP contribution < -0.4 is 20.1 Å². The molecule has 2 aromatic rings. The summed E-state index contributed by atoms with van der Waals surface area (Å²) in [4.78, 5) is 35.2. The third-order valence-corrected chi connectivity index (χ3v) is 3.53. The Morgan fingerprint density at radius 1 is 1.03 bits per heavy atom. The molecule has 0 aromatic heterocycles. The number of nitrogens with one attached hydrogen (secondary N) is 2. The molecule has 0 fully saturated rings. The number of alkyl halides is 2. The Balaban J connectivity index is 1.43. The van der Waals surface area contributed by atoms with Gasteiger partial charge in [0, 0.05) is 17.3 Å². The van der Waals surface area contributed by atoms with Gasteiger partial charge in [-0.1, -0.05) is 6.07 Å². The Morgan fingerprint density at radius 2 is 1.79 bits per heavy atom. The van der Waals surface area contributed by atoms with Crippen LogP contribution in [-0.2, 0) is 14.3 Å². The Hall–Kier alpha value is -3.76. The van der Waals surface area contributed by atoms with Gasteiger partial charge in [-0.15, -0.1) is 8.78 Å². The van der Waals surface area contributed by atoms with Gasteiger partial charge in [0.15, 0.2) is 18.1 Å². The number of ether oxygens (including phenoxy) is 3. The highest BCUT2D eigenvalue weighted by atomic mass is 19.3. The number of benzene rings is 2. The zero-order chi connectivity index (χ0) is 21.0. The molecule has 0 bridgehead atoms. The molecule has 2 N–H and O–H groups in total. The lowest BCUT2D eigenvalue weighted by Crippen LogP contribution is -2.32. The van der Waals surface area contributed by atoms with E-state index in [1.807, 2.05) is 0 Å². The fraction of sp³-hybridized carbons (Fsp3) is 0.167. The SMILES string of the molecule is O=C(COC(=O)CNC(=O)c1cccc(F)c1)Nc1ccc2c(c1)OC(F)(F)O2. The van der Waals surface area contributed by atoms with Crippen LogP contribution in [0.4, 0.5) is 18.9 Å². The molecule has 1 heterocycles. The molecule has 0 saturated carbocycles. The number of carbonyl (C=O) groups excluding carboxylic acids is 3. The van der Waals surface area contributed by atoms with Crippen LogP contribution in [0.2, 0.25) is 0 Å². The minimum atomic E-state index is -3.78. The molecule has 2 amide bonds. The maximum Gasteiger partial charge on any atom is 0.586 e. The maximum absolute atomic E-state index is 13.1. The highest BCUT2D eigenvalue weighted by Gasteiger charge is 2.43. The monoisotopic (exact) mass is 410 g/mol. The van der Waals surface area contributed by atoms with E-state index >= 15 is 0 Å². The van der Waals surface area contributed by atoms with Crippen LogP contribution in [0, 0.1) is 5.82 Å². The molecule has 0 aliphatic carbocycles. The van der Waals surface area contributed by atoms with Gasteiger partial charge >= 0.3 is 12.3 Å². The summed E-state index contributed by atoms with van der Waals surface area (Å²) in [5, 5.41) is 4.55. The van der Waals surface area contributed by atoms with Crippen molar-refractivity contribution in [2.24, 2.45) is 0 Å². The van der Waals surface area contributed by atoms with E-state index in [-0.39, 0.29) is 22.7 Å². The lowest BCUT2D eigenvalue weighted by molar-refractivity contribution is -0.286. The standard InChI is InChI=1S/C18H13F3N2O6/c19-11-3-1-2-10(6-11)17(26)22-8-16(25)27-9-15(24)23-12-4-5-13-14(7-12)29-18(20,21)28-13/h1-7H,8-9H2,(H,22,26)(H,23,24). The second-order valence-corrected chi connectivity index (χ2v) is 5.73. The molecule has 8 nitrogen and oxygen atoms in total. The second-order valence-electron chi connectivity index (χ2n) is 5.73. The molecular weight excluding hydrogens is 397 g/mol. The van der Waals surface area contributed by atoms with E-state index in [0.717, 1.165) is 18.2 Å². The number of anilines is 1. The Kier molecular flexibility index (Phi) is 5.57. The minimum Gasteiger partial charge on any atom is -0.454 e. The predicted molar refractivity (Wildman–Crippen MR) is 91.0 cm³/mol. The molecule has 0 saturated heterocycles. The molecular formula is C18H13F3N2O6. The molecule has 0 atom stereocenters. The number of esters is 1. The van der Waals surface area contributed by atoms with Gasteiger partial charge in [-0.3, -0.25) is 14.4 Å². The van der Waals surface area contributed by atoms with Gasteiger partial charge in [0.25, 0.3) is 11.8 Å². The Bertz CT molecular complexity index is 966. The average Bonchev–Trinajstić information content (AvgIpc) is 2.97. The summed E-state index contributed by atoms with van der Waals surface area (Å²) in [7, 11) is 0. The van der Waals surface area contributed by atoms with E-state index in [1.165, 1.54) is 24.3 Å². The van der Waals surface area contributed by atoms with Gasteiger partial charge < -0.3 is 24.8 Å². The summed E-state index contributed by atoms with van der Waals surface area (Å²) >= 11 is 0. The highest BCUT2D eigenvalue weighted by molar-refractivity contribution is 5.96. The third kappa shape index (κ3) is 5.37. The van der Waals surface area contributed by atoms with Crippen molar-refractivity contribution >= 4 is 23.5 Å². The molecule has 0 unspecified atom stereocenters. The van der Waals surface area contributed by atoms with E-state index in [2.05, 4.69) is 20.1 Å². The summed E-state index contributed by atoms with van der Waals surface area (Å²) in [6.07, 6.45) is -3.78. The lowest BCUT2D eigenvalue weighted by Gasteiger charge is -2.08. The van der Waals surface area contributed by atoms with Gasteiger partial charge in [0.2, 0.25) is 0 Å². The number of halogens is 3. The average molecular weight is 410 g/mol. The maximum atomic E-state index is 13.1. The predicted octanol–water partition coefficient (Wildman–Crippen LogP) is 2.06. The summed E-state index contributed by atoms with van der Waals surface area (Å²) in [6.45, 7) is -1.22. The fourth-order valence-electron chi connectivity index (χ4n) is 2.31. The van der Waals surface area contributed by atoms with Crippen molar-refractivity contribution in [3.63, 3.8) is 0 Å². The molecule has 3 rings (SSSR count). The normalized spacial score (nSPS) is 13.5. The number of fused-ring (bicyclic) bond motifs is 1. The Labute approximate surface area is 161 Å². The molecule has 2 aromatic carbocycles. The van der Waals surface area contributed by atoms with Gasteiger partial charge in [0.05, 0.1) is 0 Å². The number of hydrogen-bond acceptors (Lipinski definition) is 6. The van der Waals surface area contributed by atoms with Crippen LogP contribution in [0.15, 0.2) is 42.5 Å². The highest BCUT2D eigenvalue weighted by Crippen LogP contribution is 2.42. The first-order valence-corrected chi connectivity index (χ1v) is 8.11. The largest absolute Gasteiger partial charge is 0.586 e. The van der Waals surface area contributed by atoms with Crippen molar-refractivity contribution in [3.05, 3.63) is 53.8 Å². The zero-order valence-electron chi connectivity index (χ0n) is 14.5. The van der Waals surface area contributed by atoms with Crippen molar-refractivity contribution in [2.45, 2.75) is 6.29 Å². The summed E-state index contributed by atoms with van der Waals surface area (Å²) in [5.41, 5.74) is 0.134. The van der Waals surface area contributed by atoms with E-state index in [4.69, 9.17) is 4.74 Å². The Morgan fingerprint density at radius 3 is 2.55 bits per heavy atom. The number of hydrogen-bond donors (Lipinski definition) is 2. The van der Waals surface area contributed by atoms with Crippen LogP contribution in [0.5, 0.6) is 11.5 Å². The second kappa shape index (κ2) is 8.09. The first-order valence-electron chi connectivity index (χ1n) is 8.11. The topological polar surface area (TPSA) is 103 Å². The third-order valence-electron chi connectivity index (χ3n) is 3.53. The number of rotatable bonds is 6. The summed E-state index contributed by atoms with van der Waals surface area (Å²) in [5.74, 6) is -3.40. The smallest absolute Gasteiger partial charge is 0.454 e. The van der Waals surface area contributed by atoms with Crippen LogP contribution >= 0.6 is 0 Å². The summed E-state index contributed by atoms with van der Waals surface area (Å²) in [6, 6.07) is 8.45. The minimum absolute atomic E-state index is 0.0175. The van der Waals surface area contributed by atoms with Crippen LogP contribution in [0.25, 0.3) is 0 Å². The first-order chi connectivity index (χ1) is 13.7. The van der Waals surface area contributed by atoms with E-state index in [9.17, 15) is 27.6 Å². The zero-order valence-corrected chi connectivity index (χ0v) is 14.5. The molecule has 1 aliphatic rings.